The lowest BCUT2D eigenvalue weighted by atomic mass is 9.98. The lowest BCUT2D eigenvalue weighted by Crippen LogP contribution is -2.28. The largest absolute Gasteiger partial charge is 0.458 e. The van der Waals surface area contributed by atoms with Gasteiger partial charge >= 0.3 is 11.7 Å². The van der Waals surface area contributed by atoms with Gasteiger partial charge in [0.2, 0.25) is 0 Å². The molecule has 0 saturated carbocycles. The number of hydrogen-bond acceptors (Lipinski definition) is 4. The second kappa shape index (κ2) is 5.33. The number of fused-ring (bicyclic) bond motifs is 1. The number of allylic oxidation sites excluding steroid dienone is 1. The predicted octanol–water partition coefficient (Wildman–Crippen LogP) is 1.64. The summed E-state index contributed by atoms with van der Waals surface area (Å²) in [7, 11) is -1.44. The van der Waals surface area contributed by atoms with E-state index in [2.05, 4.69) is 31.1 Å². The minimum absolute atomic E-state index is 0.0536. The number of nitrogens with zero attached hydrogens (tertiary/aromatic N) is 1. The Bertz CT molecular complexity index is 548. The summed E-state index contributed by atoms with van der Waals surface area (Å²) in [5.41, 5.74) is 4.28. The SMILES string of the molecule is CCOC(=O)C1=[N+]([O-])O[C@H]2C=C(C#C[Si](C)(C)C)C[C@@H]12. The average Bonchev–Trinajstić information content (AvgIpc) is 2.81. The third-order valence-electron chi connectivity index (χ3n) is 3.05. The van der Waals surface area contributed by atoms with E-state index < -0.39 is 20.1 Å². The van der Waals surface area contributed by atoms with E-state index in [4.69, 9.17) is 9.57 Å². The van der Waals surface area contributed by atoms with E-state index >= 15 is 0 Å². The lowest BCUT2D eigenvalue weighted by Gasteiger charge is -2.06. The van der Waals surface area contributed by atoms with E-state index in [9.17, 15) is 10.0 Å². The maximum atomic E-state index is 11.8. The normalized spacial score (nSPS) is 24.5. The molecular formula is C14H19NO4Si. The topological polar surface area (TPSA) is 61.6 Å². The zero-order chi connectivity index (χ0) is 14.9. The molecule has 1 heterocycles. The van der Waals surface area contributed by atoms with Crippen LogP contribution < -0.4 is 0 Å². The molecule has 6 heteroatoms. The van der Waals surface area contributed by atoms with E-state index in [0.29, 0.717) is 11.3 Å². The molecule has 0 unspecified atom stereocenters. The van der Waals surface area contributed by atoms with Crippen LogP contribution in [0.1, 0.15) is 13.3 Å². The highest BCUT2D eigenvalue weighted by Crippen LogP contribution is 2.33. The maximum absolute atomic E-state index is 11.8. The Hall–Kier alpha value is -1.74. The molecule has 2 rings (SSSR count). The highest BCUT2D eigenvalue weighted by Gasteiger charge is 2.47. The minimum Gasteiger partial charge on any atom is -0.458 e. The smallest absolute Gasteiger partial charge is 0.405 e. The summed E-state index contributed by atoms with van der Waals surface area (Å²) < 4.78 is 4.90. The molecule has 20 heavy (non-hydrogen) atoms. The van der Waals surface area contributed by atoms with Gasteiger partial charge in [0.05, 0.1) is 12.5 Å². The molecule has 2 aliphatic rings. The van der Waals surface area contributed by atoms with Crippen LogP contribution in [0.15, 0.2) is 11.6 Å². The molecule has 0 aromatic carbocycles. The fourth-order valence-electron chi connectivity index (χ4n) is 2.19. The van der Waals surface area contributed by atoms with Gasteiger partial charge in [0.25, 0.3) is 0 Å². The van der Waals surface area contributed by atoms with Crippen molar-refractivity contribution in [2.45, 2.75) is 39.1 Å². The molecule has 1 aliphatic heterocycles. The molecule has 0 aromatic rings. The summed E-state index contributed by atoms with van der Waals surface area (Å²) >= 11 is 0. The molecule has 0 aromatic heterocycles. The van der Waals surface area contributed by atoms with Crippen molar-refractivity contribution in [1.29, 1.82) is 0 Å². The van der Waals surface area contributed by atoms with Gasteiger partial charge in [-0.2, -0.15) is 0 Å². The van der Waals surface area contributed by atoms with Crippen molar-refractivity contribution in [2.24, 2.45) is 5.92 Å². The molecule has 0 amide bonds. The van der Waals surface area contributed by atoms with E-state index in [0.717, 1.165) is 5.57 Å². The van der Waals surface area contributed by atoms with E-state index in [1.165, 1.54) is 0 Å². The van der Waals surface area contributed by atoms with Crippen LogP contribution in [0.2, 0.25) is 19.6 Å². The number of hydrogen-bond donors (Lipinski definition) is 0. The van der Waals surface area contributed by atoms with Crippen LogP contribution in [0.3, 0.4) is 0 Å². The first-order valence-corrected chi connectivity index (χ1v) is 10.2. The molecule has 5 nitrogen and oxygen atoms in total. The van der Waals surface area contributed by atoms with Crippen molar-refractivity contribution in [3.05, 3.63) is 16.9 Å². The third kappa shape index (κ3) is 3.04. The molecule has 108 valence electrons. The molecule has 1 aliphatic carbocycles. The van der Waals surface area contributed by atoms with Gasteiger partial charge in [0.15, 0.2) is 0 Å². The summed E-state index contributed by atoms with van der Waals surface area (Å²) in [4.78, 5) is 17.2. The van der Waals surface area contributed by atoms with Crippen molar-refractivity contribution in [3.63, 3.8) is 0 Å². The predicted molar refractivity (Wildman–Crippen MR) is 77.5 cm³/mol. The summed E-state index contributed by atoms with van der Waals surface area (Å²) in [6, 6.07) is 0. The highest BCUT2D eigenvalue weighted by atomic mass is 28.3. The average molecular weight is 293 g/mol. The van der Waals surface area contributed by atoms with Crippen molar-refractivity contribution in [2.75, 3.05) is 6.61 Å². The molecular weight excluding hydrogens is 274 g/mol. The number of carbonyl (C=O) groups excluding carboxylic acids is 1. The van der Waals surface area contributed by atoms with Crippen LogP contribution in [0.5, 0.6) is 0 Å². The Morgan fingerprint density at radius 3 is 2.90 bits per heavy atom. The second-order valence-corrected chi connectivity index (χ2v) is 10.7. The van der Waals surface area contributed by atoms with E-state index in [1.807, 2.05) is 6.08 Å². The van der Waals surface area contributed by atoms with Crippen LogP contribution in [-0.4, -0.2) is 37.4 Å². The standard InChI is InChI=1S/C14H19NO4Si/c1-5-18-14(16)13-11-8-10(6-7-20(2,3)4)9-12(11)19-15(13)17/h9,11-12H,5,8H2,1-4H3/t11-,12+/m1/s1. The van der Waals surface area contributed by atoms with Crippen molar-refractivity contribution in [1.82, 2.24) is 0 Å². The van der Waals surface area contributed by atoms with Gasteiger partial charge < -0.3 is 9.57 Å². The zero-order valence-corrected chi connectivity index (χ0v) is 13.2. The molecule has 0 saturated heterocycles. The number of esters is 1. The van der Waals surface area contributed by atoms with Crippen molar-refractivity contribution in [3.8, 4) is 11.5 Å². The minimum atomic E-state index is -1.44. The molecule has 0 fully saturated rings. The number of rotatable bonds is 2. The first-order chi connectivity index (χ1) is 9.31. The van der Waals surface area contributed by atoms with Gasteiger partial charge in [-0.15, -0.1) is 5.54 Å². The molecule has 0 N–H and O–H groups in total. The van der Waals surface area contributed by atoms with Gasteiger partial charge in [0, 0.05) is 4.90 Å². The van der Waals surface area contributed by atoms with Crippen LogP contribution in [0, 0.1) is 22.6 Å². The second-order valence-electron chi connectivity index (χ2n) is 5.94. The number of carbonyl (C=O) groups is 1. The monoisotopic (exact) mass is 293 g/mol. The summed E-state index contributed by atoms with van der Waals surface area (Å²) in [5.74, 6) is 2.30. The zero-order valence-electron chi connectivity index (χ0n) is 12.2. The summed E-state index contributed by atoms with van der Waals surface area (Å²) in [5, 5.41) is 11.6. The highest BCUT2D eigenvalue weighted by molar-refractivity contribution is 6.83. The summed E-state index contributed by atoms with van der Waals surface area (Å²) in [6.45, 7) is 8.45. The first-order valence-electron chi connectivity index (χ1n) is 6.73. The fourth-order valence-corrected chi connectivity index (χ4v) is 2.72. The van der Waals surface area contributed by atoms with Gasteiger partial charge in [-0.05, 0) is 18.9 Å². The molecule has 0 spiro atoms. The van der Waals surface area contributed by atoms with Crippen molar-refractivity contribution >= 4 is 19.8 Å². The van der Waals surface area contributed by atoms with E-state index in [-0.39, 0.29) is 18.2 Å². The first kappa shape index (κ1) is 14.7. The Morgan fingerprint density at radius 2 is 2.30 bits per heavy atom. The Kier molecular flexibility index (Phi) is 3.91. The van der Waals surface area contributed by atoms with E-state index in [1.54, 1.807) is 6.92 Å². The van der Waals surface area contributed by atoms with Gasteiger partial charge in [0.1, 0.15) is 14.2 Å². The maximum Gasteiger partial charge on any atom is 0.405 e. The quantitative estimate of drug-likeness (QED) is 0.336. The van der Waals surface area contributed by atoms with Crippen LogP contribution >= 0.6 is 0 Å². The van der Waals surface area contributed by atoms with Crippen molar-refractivity contribution < 1.29 is 19.3 Å². The van der Waals surface area contributed by atoms with Crippen LogP contribution in [0.25, 0.3) is 0 Å². The Morgan fingerprint density at radius 1 is 1.60 bits per heavy atom. The van der Waals surface area contributed by atoms with Gasteiger partial charge in [-0.3, -0.25) is 5.21 Å². The van der Waals surface area contributed by atoms with Crippen LogP contribution in [-0.2, 0) is 14.4 Å². The lowest BCUT2D eigenvalue weighted by molar-refractivity contribution is -0.737. The summed E-state index contributed by atoms with van der Waals surface area (Å²) in [6.07, 6.45) is 2.02. The Labute approximate surface area is 119 Å². The van der Waals surface area contributed by atoms with Gasteiger partial charge in [-0.25, -0.2) is 4.79 Å². The molecule has 2 atom stereocenters. The molecule has 0 radical (unpaired) electrons. The van der Waals surface area contributed by atoms with Crippen LogP contribution in [0.4, 0.5) is 0 Å². The number of ether oxygens (including phenoxy) is 1. The Balaban J connectivity index is 2.12. The van der Waals surface area contributed by atoms with Gasteiger partial charge in [-0.1, -0.05) is 31.6 Å². The third-order valence-corrected chi connectivity index (χ3v) is 3.92. The molecule has 0 bridgehead atoms. The fraction of sp³-hybridized carbons (Fsp3) is 0.571.